The molecule has 5 heteroatoms. The average molecular weight is 295 g/mol. The van der Waals surface area contributed by atoms with Gasteiger partial charge in [-0.25, -0.2) is 0 Å². The molecule has 1 saturated heterocycles. The van der Waals surface area contributed by atoms with E-state index in [0.29, 0.717) is 6.04 Å². The Labute approximate surface area is 126 Å². The standard InChI is InChI=1S/C15H22N4.ClH/c1-3-19-15-7-5-4-6-13(15)14(17-19)11-18-9-8-12(10-18)16-2;/h4-7,12,16H,3,8-11H2,1-2H3;1H. The third kappa shape index (κ3) is 2.82. The normalized spacial score (nSPS) is 19.4. The summed E-state index contributed by atoms with van der Waals surface area (Å²) in [4.78, 5) is 2.50. The molecule has 2 aromatic rings. The van der Waals surface area contributed by atoms with E-state index < -0.39 is 0 Å². The SMILES string of the molecule is CCn1nc(CN2CCC(NC)C2)c2ccccc21.Cl. The highest BCUT2D eigenvalue weighted by molar-refractivity contribution is 5.85. The van der Waals surface area contributed by atoms with E-state index >= 15 is 0 Å². The first-order chi connectivity index (χ1) is 9.31. The third-order valence-corrected chi connectivity index (χ3v) is 4.09. The summed E-state index contributed by atoms with van der Waals surface area (Å²) in [5, 5.41) is 9.45. The minimum atomic E-state index is 0. The lowest BCUT2D eigenvalue weighted by atomic mass is 10.2. The molecule has 1 aromatic carbocycles. The van der Waals surface area contributed by atoms with Crippen molar-refractivity contribution in [2.45, 2.75) is 32.5 Å². The smallest absolute Gasteiger partial charge is 0.0843 e. The second-order valence-corrected chi connectivity index (χ2v) is 5.29. The Morgan fingerprint density at radius 2 is 2.15 bits per heavy atom. The number of benzene rings is 1. The summed E-state index contributed by atoms with van der Waals surface area (Å²) in [6.45, 7) is 6.34. The fraction of sp³-hybridized carbons (Fsp3) is 0.533. The molecule has 110 valence electrons. The average Bonchev–Trinajstić information content (AvgIpc) is 3.04. The van der Waals surface area contributed by atoms with Crippen molar-refractivity contribution in [1.82, 2.24) is 20.0 Å². The summed E-state index contributed by atoms with van der Waals surface area (Å²) in [7, 11) is 2.05. The van der Waals surface area contributed by atoms with Gasteiger partial charge in [-0.1, -0.05) is 18.2 Å². The summed E-state index contributed by atoms with van der Waals surface area (Å²) in [6, 6.07) is 9.19. The van der Waals surface area contributed by atoms with E-state index in [4.69, 9.17) is 5.10 Å². The first-order valence-corrected chi connectivity index (χ1v) is 7.16. The van der Waals surface area contributed by atoms with Crippen LogP contribution in [0.1, 0.15) is 19.0 Å². The highest BCUT2D eigenvalue weighted by Gasteiger charge is 2.22. The molecule has 0 saturated carbocycles. The first-order valence-electron chi connectivity index (χ1n) is 7.16. The number of aromatic nitrogens is 2. The van der Waals surface area contributed by atoms with Crippen LogP contribution in [-0.2, 0) is 13.1 Å². The highest BCUT2D eigenvalue weighted by atomic mass is 35.5. The maximum Gasteiger partial charge on any atom is 0.0843 e. The Kier molecular flexibility index (Phi) is 5.02. The fourth-order valence-electron chi connectivity index (χ4n) is 2.98. The molecule has 3 rings (SSSR count). The van der Waals surface area contributed by atoms with Gasteiger partial charge in [0.15, 0.2) is 0 Å². The van der Waals surface area contributed by atoms with Crippen molar-refractivity contribution >= 4 is 23.3 Å². The molecule has 1 aliphatic rings. The third-order valence-electron chi connectivity index (χ3n) is 4.09. The topological polar surface area (TPSA) is 33.1 Å². The monoisotopic (exact) mass is 294 g/mol. The second-order valence-electron chi connectivity index (χ2n) is 5.29. The van der Waals surface area contributed by atoms with Gasteiger partial charge in [-0.15, -0.1) is 12.4 Å². The number of fused-ring (bicyclic) bond motifs is 1. The predicted octanol–water partition coefficient (Wildman–Crippen LogP) is 2.27. The Bertz CT molecular complexity index is 566. The van der Waals surface area contributed by atoms with Gasteiger partial charge in [0.2, 0.25) is 0 Å². The summed E-state index contributed by atoms with van der Waals surface area (Å²) < 4.78 is 2.11. The van der Waals surface area contributed by atoms with Crippen molar-refractivity contribution in [1.29, 1.82) is 0 Å². The molecular weight excluding hydrogens is 272 g/mol. The Balaban J connectivity index is 0.00000147. The number of para-hydroxylation sites is 1. The zero-order chi connectivity index (χ0) is 13.2. The Hall–Kier alpha value is -1.10. The zero-order valence-electron chi connectivity index (χ0n) is 12.2. The van der Waals surface area contributed by atoms with Crippen LogP contribution in [-0.4, -0.2) is 40.9 Å². The van der Waals surface area contributed by atoms with Crippen molar-refractivity contribution in [2.24, 2.45) is 0 Å². The number of likely N-dealkylation sites (N-methyl/N-ethyl adjacent to an activating group) is 1. The van der Waals surface area contributed by atoms with Gasteiger partial charge in [0.1, 0.15) is 0 Å². The van der Waals surface area contributed by atoms with Gasteiger partial charge >= 0.3 is 0 Å². The molecule has 1 aromatic heterocycles. The van der Waals surface area contributed by atoms with E-state index in [-0.39, 0.29) is 12.4 Å². The first kappa shape index (κ1) is 15.3. The van der Waals surface area contributed by atoms with Crippen LogP contribution in [0.15, 0.2) is 24.3 Å². The largest absolute Gasteiger partial charge is 0.316 e. The highest BCUT2D eigenvalue weighted by Crippen LogP contribution is 2.21. The molecule has 0 spiro atoms. The molecule has 0 radical (unpaired) electrons. The number of nitrogens with one attached hydrogen (secondary N) is 1. The number of nitrogens with zero attached hydrogens (tertiary/aromatic N) is 3. The van der Waals surface area contributed by atoms with E-state index in [0.717, 1.165) is 19.6 Å². The van der Waals surface area contributed by atoms with Crippen molar-refractivity contribution in [2.75, 3.05) is 20.1 Å². The lowest BCUT2D eigenvalue weighted by Gasteiger charge is -2.14. The molecule has 1 N–H and O–H groups in total. The number of hydrogen-bond donors (Lipinski definition) is 1. The van der Waals surface area contributed by atoms with Gasteiger partial charge in [0, 0.05) is 37.6 Å². The van der Waals surface area contributed by atoms with Crippen LogP contribution in [0.25, 0.3) is 10.9 Å². The van der Waals surface area contributed by atoms with Gasteiger partial charge in [-0.05, 0) is 26.5 Å². The number of likely N-dealkylation sites (tertiary alicyclic amines) is 1. The minimum absolute atomic E-state index is 0. The van der Waals surface area contributed by atoms with E-state index in [1.165, 1.54) is 29.6 Å². The lowest BCUT2D eigenvalue weighted by molar-refractivity contribution is 0.318. The number of aryl methyl sites for hydroxylation is 1. The molecule has 0 bridgehead atoms. The zero-order valence-corrected chi connectivity index (χ0v) is 13.0. The molecule has 1 unspecified atom stereocenters. The van der Waals surface area contributed by atoms with Gasteiger partial charge in [-0.3, -0.25) is 9.58 Å². The predicted molar refractivity (Wildman–Crippen MR) is 85.4 cm³/mol. The van der Waals surface area contributed by atoms with Crippen molar-refractivity contribution in [3.8, 4) is 0 Å². The van der Waals surface area contributed by atoms with Crippen LogP contribution in [0.3, 0.4) is 0 Å². The molecule has 1 fully saturated rings. The molecule has 20 heavy (non-hydrogen) atoms. The molecule has 1 aliphatic heterocycles. The van der Waals surface area contributed by atoms with Crippen LogP contribution >= 0.6 is 12.4 Å². The van der Waals surface area contributed by atoms with Crippen LogP contribution in [0.5, 0.6) is 0 Å². The van der Waals surface area contributed by atoms with Crippen LogP contribution in [0.4, 0.5) is 0 Å². The summed E-state index contributed by atoms with van der Waals surface area (Å²) in [5.41, 5.74) is 2.47. The van der Waals surface area contributed by atoms with Crippen molar-refractivity contribution in [3.63, 3.8) is 0 Å². The molecule has 2 heterocycles. The van der Waals surface area contributed by atoms with E-state index in [2.05, 4.69) is 53.1 Å². The summed E-state index contributed by atoms with van der Waals surface area (Å²) in [5.74, 6) is 0. The van der Waals surface area contributed by atoms with Crippen LogP contribution < -0.4 is 5.32 Å². The van der Waals surface area contributed by atoms with Gasteiger partial charge < -0.3 is 5.32 Å². The Morgan fingerprint density at radius 3 is 2.85 bits per heavy atom. The lowest BCUT2D eigenvalue weighted by Crippen LogP contribution is -2.29. The van der Waals surface area contributed by atoms with Gasteiger partial charge in [0.05, 0.1) is 11.2 Å². The minimum Gasteiger partial charge on any atom is -0.316 e. The van der Waals surface area contributed by atoms with E-state index in [1.54, 1.807) is 0 Å². The van der Waals surface area contributed by atoms with E-state index in [1.807, 2.05) is 0 Å². The maximum absolute atomic E-state index is 4.78. The Morgan fingerprint density at radius 1 is 1.35 bits per heavy atom. The fourth-order valence-corrected chi connectivity index (χ4v) is 2.98. The molecular formula is C15H23ClN4. The molecule has 0 amide bonds. The number of hydrogen-bond acceptors (Lipinski definition) is 3. The summed E-state index contributed by atoms with van der Waals surface area (Å²) in [6.07, 6.45) is 1.24. The molecule has 0 aliphatic carbocycles. The van der Waals surface area contributed by atoms with Crippen molar-refractivity contribution < 1.29 is 0 Å². The molecule has 4 nitrogen and oxygen atoms in total. The molecule has 1 atom stereocenters. The second kappa shape index (κ2) is 6.57. The van der Waals surface area contributed by atoms with Crippen molar-refractivity contribution in [3.05, 3.63) is 30.0 Å². The van der Waals surface area contributed by atoms with Gasteiger partial charge in [-0.2, -0.15) is 5.10 Å². The van der Waals surface area contributed by atoms with Crippen LogP contribution in [0.2, 0.25) is 0 Å². The summed E-state index contributed by atoms with van der Waals surface area (Å²) >= 11 is 0. The van der Waals surface area contributed by atoms with E-state index in [9.17, 15) is 0 Å². The number of halogens is 1. The quantitative estimate of drug-likeness (QED) is 0.939. The number of rotatable bonds is 4. The van der Waals surface area contributed by atoms with Crippen LogP contribution in [0, 0.1) is 0 Å². The van der Waals surface area contributed by atoms with Gasteiger partial charge in [0.25, 0.3) is 0 Å². The maximum atomic E-state index is 4.78.